The molecule has 108 valence electrons. The van der Waals surface area contributed by atoms with Crippen LogP contribution in [-0.4, -0.2) is 34.2 Å². The van der Waals surface area contributed by atoms with Crippen LogP contribution in [0.25, 0.3) is 0 Å². The van der Waals surface area contributed by atoms with Gasteiger partial charge in [0.25, 0.3) is 0 Å². The fraction of sp³-hybridized carbons (Fsp3) is 0.429. The SMILES string of the molecule is CC(C)[C@@H]1OC(=O)N(Cc2ccc(F)cc2)[C@H]1C(=O)O. The second-order valence-electron chi connectivity index (χ2n) is 5.13. The molecule has 1 aromatic rings. The van der Waals surface area contributed by atoms with Crippen molar-refractivity contribution in [1.29, 1.82) is 0 Å². The molecule has 1 amide bonds. The highest BCUT2D eigenvalue weighted by Gasteiger charge is 2.47. The van der Waals surface area contributed by atoms with Gasteiger partial charge in [0.05, 0.1) is 6.54 Å². The van der Waals surface area contributed by atoms with Crippen LogP contribution >= 0.6 is 0 Å². The standard InChI is InChI=1S/C14H16FNO4/c1-8(2)12-11(13(17)18)16(14(19)20-12)7-9-3-5-10(15)6-4-9/h3-6,8,11-12H,7H2,1-2H3,(H,17,18)/t11-,12+/m1/s1. The third kappa shape index (κ3) is 2.74. The molecule has 2 atom stereocenters. The first kappa shape index (κ1) is 14.3. The second kappa shape index (κ2) is 5.48. The van der Waals surface area contributed by atoms with Gasteiger partial charge in [-0.15, -0.1) is 0 Å². The molecule has 0 radical (unpaired) electrons. The molecule has 1 aromatic carbocycles. The molecule has 2 rings (SSSR count). The Morgan fingerprint density at radius 1 is 1.40 bits per heavy atom. The molecule has 0 aromatic heterocycles. The van der Waals surface area contributed by atoms with Gasteiger partial charge in [0.1, 0.15) is 11.9 Å². The Balaban J connectivity index is 2.22. The van der Waals surface area contributed by atoms with Crippen molar-refractivity contribution < 1.29 is 23.8 Å². The normalized spacial score (nSPS) is 22.2. The minimum atomic E-state index is -1.10. The van der Waals surface area contributed by atoms with Gasteiger partial charge in [0.2, 0.25) is 0 Å². The zero-order valence-corrected chi connectivity index (χ0v) is 11.2. The van der Waals surface area contributed by atoms with E-state index in [1.807, 2.05) is 0 Å². The number of carboxylic acids is 1. The first-order valence-corrected chi connectivity index (χ1v) is 6.34. The first-order valence-electron chi connectivity index (χ1n) is 6.34. The third-order valence-corrected chi connectivity index (χ3v) is 3.29. The molecule has 0 spiro atoms. The van der Waals surface area contributed by atoms with Crippen LogP contribution < -0.4 is 0 Å². The van der Waals surface area contributed by atoms with Gasteiger partial charge in [0, 0.05) is 0 Å². The summed E-state index contributed by atoms with van der Waals surface area (Å²) >= 11 is 0. The van der Waals surface area contributed by atoms with E-state index in [4.69, 9.17) is 4.74 Å². The topological polar surface area (TPSA) is 66.8 Å². The number of amides is 1. The maximum Gasteiger partial charge on any atom is 0.411 e. The molecule has 0 unspecified atom stereocenters. The zero-order valence-electron chi connectivity index (χ0n) is 11.2. The molecular formula is C14H16FNO4. The van der Waals surface area contributed by atoms with Crippen molar-refractivity contribution in [3.05, 3.63) is 35.6 Å². The van der Waals surface area contributed by atoms with Crippen molar-refractivity contribution in [1.82, 2.24) is 4.90 Å². The Bertz CT molecular complexity index is 514. The van der Waals surface area contributed by atoms with Crippen molar-refractivity contribution in [2.24, 2.45) is 5.92 Å². The van der Waals surface area contributed by atoms with Crippen LogP contribution in [0.1, 0.15) is 19.4 Å². The van der Waals surface area contributed by atoms with E-state index in [-0.39, 0.29) is 18.3 Å². The number of ether oxygens (including phenoxy) is 1. The zero-order chi connectivity index (χ0) is 14.9. The number of hydrogen-bond acceptors (Lipinski definition) is 3. The van der Waals surface area contributed by atoms with Gasteiger partial charge in [-0.25, -0.2) is 14.0 Å². The van der Waals surface area contributed by atoms with Crippen LogP contribution in [0.3, 0.4) is 0 Å². The number of carbonyl (C=O) groups is 2. The predicted molar refractivity (Wildman–Crippen MR) is 68.5 cm³/mol. The van der Waals surface area contributed by atoms with E-state index in [9.17, 15) is 19.1 Å². The highest BCUT2D eigenvalue weighted by atomic mass is 19.1. The minimum Gasteiger partial charge on any atom is -0.480 e. The lowest BCUT2D eigenvalue weighted by Gasteiger charge is -2.22. The quantitative estimate of drug-likeness (QED) is 0.919. The molecule has 1 fully saturated rings. The summed E-state index contributed by atoms with van der Waals surface area (Å²) in [6, 6.07) is 4.56. The largest absolute Gasteiger partial charge is 0.480 e. The average molecular weight is 281 g/mol. The van der Waals surface area contributed by atoms with E-state index in [1.165, 1.54) is 29.2 Å². The summed E-state index contributed by atoms with van der Waals surface area (Å²) in [5, 5.41) is 9.31. The number of nitrogens with zero attached hydrogens (tertiary/aromatic N) is 1. The number of cyclic esters (lactones) is 1. The fourth-order valence-electron chi connectivity index (χ4n) is 2.26. The van der Waals surface area contributed by atoms with Gasteiger partial charge >= 0.3 is 12.1 Å². The maximum atomic E-state index is 12.9. The Hall–Kier alpha value is -2.11. The summed E-state index contributed by atoms with van der Waals surface area (Å²) in [6.45, 7) is 3.68. The van der Waals surface area contributed by atoms with Crippen LogP contribution in [-0.2, 0) is 16.1 Å². The Kier molecular flexibility index (Phi) is 3.92. The molecule has 0 bridgehead atoms. The number of carbonyl (C=O) groups excluding carboxylic acids is 1. The molecule has 0 aliphatic carbocycles. The Labute approximate surface area is 116 Å². The third-order valence-electron chi connectivity index (χ3n) is 3.29. The highest BCUT2D eigenvalue weighted by Crippen LogP contribution is 2.27. The van der Waals surface area contributed by atoms with Crippen LogP contribution in [0.2, 0.25) is 0 Å². The van der Waals surface area contributed by atoms with Crippen molar-refractivity contribution in [3.63, 3.8) is 0 Å². The molecule has 1 heterocycles. The smallest absolute Gasteiger partial charge is 0.411 e. The van der Waals surface area contributed by atoms with Gasteiger partial charge in [-0.3, -0.25) is 4.90 Å². The second-order valence-corrected chi connectivity index (χ2v) is 5.13. The Morgan fingerprint density at radius 3 is 2.50 bits per heavy atom. The van der Waals surface area contributed by atoms with Gasteiger partial charge in [-0.05, 0) is 23.6 Å². The molecule has 20 heavy (non-hydrogen) atoms. The lowest BCUT2D eigenvalue weighted by Crippen LogP contribution is -2.44. The highest BCUT2D eigenvalue weighted by molar-refractivity contribution is 5.83. The van der Waals surface area contributed by atoms with Crippen LogP contribution in [0, 0.1) is 11.7 Å². The molecule has 1 N–H and O–H groups in total. The van der Waals surface area contributed by atoms with Crippen molar-refractivity contribution in [2.75, 3.05) is 0 Å². The molecule has 6 heteroatoms. The summed E-state index contributed by atoms with van der Waals surface area (Å²) in [4.78, 5) is 24.4. The van der Waals surface area contributed by atoms with Crippen molar-refractivity contribution >= 4 is 12.1 Å². The first-order chi connectivity index (χ1) is 9.40. The van der Waals surface area contributed by atoms with E-state index < -0.39 is 24.2 Å². The van der Waals surface area contributed by atoms with Gasteiger partial charge in [-0.2, -0.15) is 0 Å². The van der Waals surface area contributed by atoms with Crippen molar-refractivity contribution in [3.8, 4) is 0 Å². The fourth-order valence-corrected chi connectivity index (χ4v) is 2.26. The summed E-state index contributed by atoms with van der Waals surface area (Å²) in [6.07, 6.45) is -1.33. The van der Waals surface area contributed by atoms with E-state index in [1.54, 1.807) is 13.8 Å². The van der Waals surface area contributed by atoms with Crippen molar-refractivity contribution in [2.45, 2.75) is 32.5 Å². The van der Waals surface area contributed by atoms with Gasteiger partial charge in [0.15, 0.2) is 6.04 Å². The van der Waals surface area contributed by atoms with Gasteiger partial charge in [-0.1, -0.05) is 26.0 Å². The number of benzene rings is 1. The molecule has 0 saturated carbocycles. The maximum absolute atomic E-state index is 12.9. The molecule has 1 aliphatic heterocycles. The lowest BCUT2D eigenvalue weighted by molar-refractivity contribution is -0.143. The summed E-state index contributed by atoms with van der Waals surface area (Å²) in [5.41, 5.74) is 0.652. The number of hydrogen-bond donors (Lipinski definition) is 1. The van der Waals surface area contributed by atoms with E-state index in [0.717, 1.165) is 0 Å². The molecular weight excluding hydrogens is 265 g/mol. The van der Waals surface area contributed by atoms with E-state index in [0.29, 0.717) is 5.56 Å². The summed E-state index contributed by atoms with van der Waals surface area (Å²) < 4.78 is 18.0. The van der Waals surface area contributed by atoms with Gasteiger partial charge < -0.3 is 9.84 Å². The average Bonchev–Trinajstić information content (AvgIpc) is 2.70. The molecule has 1 saturated heterocycles. The number of carboxylic acid groups (broad SMARTS) is 1. The van der Waals surface area contributed by atoms with Crippen LogP contribution in [0.4, 0.5) is 9.18 Å². The van der Waals surface area contributed by atoms with Crippen LogP contribution in [0.15, 0.2) is 24.3 Å². The lowest BCUT2D eigenvalue weighted by atomic mass is 9.99. The number of halogens is 1. The minimum absolute atomic E-state index is 0.0826. The number of rotatable bonds is 4. The van der Waals surface area contributed by atoms with E-state index >= 15 is 0 Å². The molecule has 5 nitrogen and oxygen atoms in total. The Morgan fingerprint density at radius 2 is 2.00 bits per heavy atom. The summed E-state index contributed by atoms with van der Waals surface area (Å²) in [7, 11) is 0. The molecule has 1 aliphatic rings. The van der Waals surface area contributed by atoms with E-state index in [2.05, 4.69) is 0 Å². The number of aliphatic carboxylic acids is 1. The predicted octanol–water partition coefficient (Wildman–Crippen LogP) is 2.26. The monoisotopic (exact) mass is 281 g/mol. The van der Waals surface area contributed by atoms with Crippen LogP contribution in [0.5, 0.6) is 0 Å². The summed E-state index contributed by atoms with van der Waals surface area (Å²) in [5.74, 6) is -1.58.